The van der Waals surface area contributed by atoms with Crippen LogP contribution in [0.1, 0.15) is 18.4 Å². The highest BCUT2D eigenvalue weighted by molar-refractivity contribution is 6.30. The first-order valence-corrected chi connectivity index (χ1v) is 7.73. The van der Waals surface area contributed by atoms with E-state index < -0.39 is 0 Å². The summed E-state index contributed by atoms with van der Waals surface area (Å²) in [7, 11) is 0. The third-order valence-corrected chi connectivity index (χ3v) is 4.08. The molecule has 0 radical (unpaired) electrons. The van der Waals surface area contributed by atoms with Crippen molar-refractivity contribution in [2.45, 2.75) is 19.4 Å². The maximum Gasteiger partial charge on any atom is 0.220 e. The van der Waals surface area contributed by atoms with Crippen LogP contribution in [0.5, 0.6) is 0 Å². The van der Waals surface area contributed by atoms with Gasteiger partial charge in [0.1, 0.15) is 0 Å². The molecule has 1 aliphatic rings. The van der Waals surface area contributed by atoms with Gasteiger partial charge in [0, 0.05) is 36.8 Å². The molecule has 1 aromatic carbocycles. The number of hydrogen-bond donors (Lipinski definition) is 2. The standard InChI is InChI=1S/C16H18ClN3O2/c17-14-3-1-12(2-4-14)16-13(9-19-20-16)8-18-15(21)7-11-5-6-22-10-11/h1-4,9,11H,5-8,10H2,(H,18,21)(H,19,20)/t11-/m0/s1. The van der Waals surface area contributed by atoms with Crippen LogP contribution in [0.3, 0.4) is 0 Å². The lowest BCUT2D eigenvalue weighted by atomic mass is 10.0. The summed E-state index contributed by atoms with van der Waals surface area (Å²) >= 11 is 5.90. The highest BCUT2D eigenvalue weighted by Crippen LogP contribution is 2.23. The van der Waals surface area contributed by atoms with Crippen LogP contribution in [-0.4, -0.2) is 29.3 Å². The van der Waals surface area contributed by atoms with Crippen LogP contribution in [0.25, 0.3) is 11.3 Å². The fourth-order valence-corrected chi connectivity index (χ4v) is 2.71. The lowest BCUT2D eigenvalue weighted by Gasteiger charge is -2.09. The van der Waals surface area contributed by atoms with E-state index in [1.807, 2.05) is 24.3 Å². The molecule has 6 heteroatoms. The molecule has 0 spiro atoms. The second-order valence-corrected chi connectivity index (χ2v) is 5.92. The van der Waals surface area contributed by atoms with Crippen molar-refractivity contribution in [3.63, 3.8) is 0 Å². The van der Waals surface area contributed by atoms with Gasteiger partial charge in [-0.3, -0.25) is 9.89 Å². The Balaban J connectivity index is 1.60. The average molecular weight is 320 g/mol. The van der Waals surface area contributed by atoms with E-state index in [0.717, 1.165) is 29.8 Å². The molecule has 1 aliphatic heterocycles. The van der Waals surface area contributed by atoms with Crippen molar-refractivity contribution in [2.75, 3.05) is 13.2 Å². The molecule has 3 rings (SSSR count). The Kier molecular flexibility index (Phi) is 4.75. The molecule has 0 aliphatic carbocycles. The summed E-state index contributed by atoms with van der Waals surface area (Å²) in [5, 5.41) is 10.7. The topological polar surface area (TPSA) is 67.0 Å². The van der Waals surface area contributed by atoms with Gasteiger partial charge in [0.2, 0.25) is 5.91 Å². The Labute approximate surface area is 134 Å². The summed E-state index contributed by atoms with van der Waals surface area (Å²) in [5.41, 5.74) is 2.86. The van der Waals surface area contributed by atoms with Crippen molar-refractivity contribution >= 4 is 17.5 Å². The Morgan fingerprint density at radius 2 is 2.23 bits per heavy atom. The van der Waals surface area contributed by atoms with Gasteiger partial charge in [-0.05, 0) is 30.0 Å². The Bertz CT molecular complexity index is 633. The van der Waals surface area contributed by atoms with Crippen molar-refractivity contribution < 1.29 is 9.53 Å². The zero-order valence-corrected chi connectivity index (χ0v) is 12.9. The first-order chi connectivity index (χ1) is 10.7. The normalized spacial score (nSPS) is 17.6. The minimum absolute atomic E-state index is 0.0544. The van der Waals surface area contributed by atoms with Crippen LogP contribution in [0.4, 0.5) is 0 Å². The van der Waals surface area contributed by atoms with Gasteiger partial charge in [0.15, 0.2) is 0 Å². The number of nitrogens with one attached hydrogen (secondary N) is 2. The molecule has 2 aromatic rings. The molecule has 0 saturated carbocycles. The monoisotopic (exact) mass is 319 g/mol. The number of carbonyl (C=O) groups excluding carboxylic acids is 1. The van der Waals surface area contributed by atoms with Gasteiger partial charge in [-0.15, -0.1) is 0 Å². The van der Waals surface area contributed by atoms with Crippen molar-refractivity contribution in [1.29, 1.82) is 0 Å². The number of benzene rings is 1. The first kappa shape index (κ1) is 15.1. The van der Waals surface area contributed by atoms with Crippen LogP contribution in [0.2, 0.25) is 5.02 Å². The van der Waals surface area contributed by atoms with Gasteiger partial charge in [0.05, 0.1) is 11.9 Å². The fraction of sp³-hybridized carbons (Fsp3) is 0.375. The van der Waals surface area contributed by atoms with E-state index >= 15 is 0 Å². The molecular formula is C16H18ClN3O2. The number of ether oxygens (including phenoxy) is 1. The molecule has 2 heterocycles. The van der Waals surface area contributed by atoms with Gasteiger partial charge in [0.25, 0.3) is 0 Å². The molecule has 1 saturated heterocycles. The number of aromatic nitrogens is 2. The van der Waals surface area contributed by atoms with Crippen LogP contribution in [0, 0.1) is 5.92 Å². The number of H-pyrrole nitrogens is 1. The summed E-state index contributed by atoms with van der Waals surface area (Å²) in [5.74, 6) is 0.402. The number of amides is 1. The van der Waals surface area contributed by atoms with Crippen LogP contribution in [-0.2, 0) is 16.1 Å². The van der Waals surface area contributed by atoms with E-state index in [9.17, 15) is 4.79 Å². The highest BCUT2D eigenvalue weighted by atomic mass is 35.5. The smallest absolute Gasteiger partial charge is 0.220 e. The molecule has 116 valence electrons. The molecule has 2 N–H and O–H groups in total. The minimum Gasteiger partial charge on any atom is -0.381 e. The number of nitrogens with zero attached hydrogens (tertiary/aromatic N) is 1. The quantitative estimate of drug-likeness (QED) is 0.890. The van der Waals surface area contributed by atoms with E-state index in [4.69, 9.17) is 16.3 Å². The minimum atomic E-state index is 0.0544. The molecule has 1 fully saturated rings. The largest absolute Gasteiger partial charge is 0.381 e. The maximum absolute atomic E-state index is 12.0. The number of carbonyl (C=O) groups is 1. The second-order valence-electron chi connectivity index (χ2n) is 5.49. The lowest BCUT2D eigenvalue weighted by molar-refractivity contribution is -0.122. The first-order valence-electron chi connectivity index (χ1n) is 7.35. The van der Waals surface area contributed by atoms with Gasteiger partial charge < -0.3 is 10.1 Å². The Morgan fingerprint density at radius 1 is 1.41 bits per heavy atom. The second kappa shape index (κ2) is 6.94. The Hall–Kier alpha value is -1.85. The number of aromatic amines is 1. The van der Waals surface area contributed by atoms with Crippen molar-refractivity contribution in [1.82, 2.24) is 15.5 Å². The Morgan fingerprint density at radius 3 is 2.95 bits per heavy atom. The van der Waals surface area contributed by atoms with Crippen LogP contribution < -0.4 is 5.32 Å². The van der Waals surface area contributed by atoms with Crippen molar-refractivity contribution in [3.8, 4) is 11.3 Å². The summed E-state index contributed by atoms with van der Waals surface area (Å²) in [4.78, 5) is 12.0. The van der Waals surface area contributed by atoms with Gasteiger partial charge >= 0.3 is 0 Å². The molecule has 5 nitrogen and oxygen atoms in total. The zero-order valence-electron chi connectivity index (χ0n) is 12.1. The van der Waals surface area contributed by atoms with Crippen LogP contribution in [0.15, 0.2) is 30.5 Å². The summed E-state index contributed by atoms with van der Waals surface area (Å²) in [6.45, 7) is 1.91. The van der Waals surface area contributed by atoms with E-state index in [2.05, 4.69) is 15.5 Å². The lowest BCUT2D eigenvalue weighted by Crippen LogP contribution is -2.25. The highest BCUT2D eigenvalue weighted by Gasteiger charge is 2.19. The molecule has 0 unspecified atom stereocenters. The van der Waals surface area contributed by atoms with E-state index in [0.29, 0.717) is 30.5 Å². The summed E-state index contributed by atoms with van der Waals surface area (Å²) in [6.07, 6.45) is 3.23. The zero-order chi connectivity index (χ0) is 15.4. The molecular weight excluding hydrogens is 302 g/mol. The van der Waals surface area contributed by atoms with Gasteiger partial charge in [-0.2, -0.15) is 5.10 Å². The molecule has 0 bridgehead atoms. The molecule has 1 atom stereocenters. The predicted octanol–water partition coefficient (Wildman–Crippen LogP) is 2.77. The maximum atomic E-state index is 12.0. The predicted molar refractivity (Wildman–Crippen MR) is 84.4 cm³/mol. The molecule has 1 amide bonds. The third-order valence-electron chi connectivity index (χ3n) is 3.82. The van der Waals surface area contributed by atoms with Crippen molar-refractivity contribution in [2.24, 2.45) is 5.92 Å². The van der Waals surface area contributed by atoms with E-state index in [1.54, 1.807) is 6.20 Å². The van der Waals surface area contributed by atoms with E-state index in [-0.39, 0.29) is 5.91 Å². The SMILES string of the molecule is O=C(C[C@@H]1CCOC1)NCc1cn[nH]c1-c1ccc(Cl)cc1. The summed E-state index contributed by atoms with van der Waals surface area (Å²) in [6, 6.07) is 7.52. The van der Waals surface area contributed by atoms with Gasteiger partial charge in [-0.25, -0.2) is 0 Å². The van der Waals surface area contributed by atoms with Crippen LogP contribution >= 0.6 is 11.6 Å². The molecule has 22 heavy (non-hydrogen) atoms. The third kappa shape index (κ3) is 3.67. The number of halogens is 1. The van der Waals surface area contributed by atoms with E-state index in [1.165, 1.54) is 0 Å². The molecule has 1 aromatic heterocycles. The average Bonchev–Trinajstić information content (AvgIpc) is 3.17. The summed E-state index contributed by atoms with van der Waals surface area (Å²) < 4.78 is 5.29. The van der Waals surface area contributed by atoms with Gasteiger partial charge in [-0.1, -0.05) is 23.7 Å². The fourth-order valence-electron chi connectivity index (χ4n) is 2.58. The number of rotatable bonds is 5. The van der Waals surface area contributed by atoms with Crippen molar-refractivity contribution in [3.05, 3.63) is 41.0 Å². The number of hydrogen-bond acceptors (Lipinski definition) is 3.